The second-order valence-corrected chi connectivity index (χ2v) is 14.4. The van der Waals surface area contributed by atoms with Crippen LogP contribution in [0.1, 0.15) is 199 Å². The highest BCUT2D eigenvalue weighted by Gasteiger charge is 2.21. The fourth-order valence-corrected chi connectivity index (χ4v) is 6.49. The summed E-state index contributed by atoms with van der Waals surface area (Å²) in [7, 11) is 0. The third-order valence-corrected chi connectivity index (χ3v) is 9.70. The first-order chi connectivity index (χ1) is 24.1. The highest BCUT2D eigenvalue weighted by atomic mass is 16.5. The smallest absolute Gasteiger partial charge is 0.407 e. The highest BCUT2D eigenvalue weighted by Crippen LogP contribution is 2.18. The number of unbranched alkanes of at least 4 members (excludes halogenated alkanes) is 22. The molecule has 0 fully saturated rings. The third-order valence-electron chi connectivity index (χ3n) is 9.70. The Morgan fingerprint density at radius 1 is 0.551 bits per heavy atom. The monoisotopic (exact) mass is 685 g/mol. The first kappa shape index (κ1) is 44.7. The van der Waals surface area contributed by atoms with Crippen LogP contribution in [0.15, 0.2) is 30.3 Å². The second kappa shape index (κ2) is 34.1. The van der Waals surface area contributed by atoms with Gasteiger partial charge in [0.25, 0.3) is 0 Å². The number of carbonyl (C=O) groups excluding carboxylic acids is 3. The molecular weight excluding hydrogens is 608 g/mol. The number of Topliss-reactive ketones (excluding diaryl/α,β-unsaturated/α-hetero) is 1. The standard InChI is InChI=1S/C43H76N2O4/c1-3-5-7-9-11-13-15-16-17-18-20-22-27-34-41(46)37-40(42(47)44-35-29-23-21-19-14-12-10-8-6-4-2)33-28-30-36-45-43(48)49-38-39-31-25-24-26-32-39/h24-26,31-32,40H,3-23,27-30,33-38H2,1-2H3,(H,44,47)(H,45,48)/t40-/m0/s1. The normalized spacial score (nSPS) is 11.7. The molecule has 0 saturated heterocycles. The van der Waals surface area contributed by atoms with Crippen LogP contribution in [0.2, 0.25) is 0 Å². The van der Waals surface area contributed by atoms with Crippen molar-refractivity contribution in [2.24, 2.45) is 5.92 Å². The van der Waals surface area contributed by atoms with E-state index in [2.05, 4.69) is 24.5 Å². The summed E-state index contributed by atoms with van der Waals surface area (Å²) < 4.78 is 5.29. The topological polar surface area (TPSA) is 84.5 Å². The summed E-state index contributed by atoms with van der Waals surface area (Å²) in [5.41, 5.74) is 0.952. The molecule has 49 heavy (non-hydrogen) atoms. The van der Waals surface area contributed by atoms with Crippen LogP contribution in [0.3, 0.4) is 0 Å². The lowest BCUT2D eigenvalue weighted by Crippen LogP contribution is -2.33. The lowest BCUT2D eigenvalue weighted by molar-refractivity contribution is -0.129. The van der Waals surface area contributed by atoms with E-state index in [1.807, 2.05) is 30.3 Å². The molecule has 2 N–H and O–H groups in total. The van der Waals surface area contributed by atoms with Crippen LogP contribution in [0.25, 0.3) is 0 Å². The molecule has 6 nitrogen and oxygen atoms in total. The van der Waals surface area contributed by atoms with Gasteiger partial charge in [-0.25, -0.2) is 4.79 Å². The Morgan fingerprint density at radius 3 is 1.53 bits per heavy atom. The quantitative estimate of drug-likeness (QED) is 0.0697. The van der Waals surface area contributed by atoms with E-state index in [0.717, 1.165) is 44.1 Å². The van der Waals surface area contributed by atoms with E-state index >= 15 is 0 Å². The minimum absolute atomic E-state index is 0.0184. The van der Waals surface area contributed by atoms with Crippen LogP contribution in [-0.4, -0.2) is 30.9 Å². The zero-order valence-corrected chi connectivity index (χ0v) is 32.0. The van der Waals surface area contributed by atoms with E-state index in [0.29, 0.717) is 32.4 Å². The third kappa shape index (κ3) is 29.1. The van der Waals surface area contributed by atoms with Crippen molar-refractivity contribution in [2.75, 3.05) is 13.1 Å². The molecule has 282 valence electrons. The second-order valence-electron chi connectivity index (χ2n) is 14.4. The molecule has 6 heteroatoms. The van der Waals surface area contributed by atoms with Crippen molar-refractivity contribution in [3.63, 3.8) is 0 Å². The molecule has 0 heterocycles. The first-order valence-electron chi connectivity index (χ1n) is 20.8. The highest BCUT2D eigenvalue weighted by molar-refractivity contribution is 5.86. The van der Waals surface area contributed by atoms with Crippen molar-refractivity contribution in [1.82, 2.24) is 10.6 Å². The fraction of sp³-hybridized carbons (Fsp3) is 0.791. The van der Waals surface area contributed by atoms with E-state index in [1.54, 1.807) is 0 Å². The van der Waals surface area contributed by atoms with Crippen molar-refractivity contribution < 1.29 is 19.1 Å². The minimum atomic E-state index is -0.428. The maximum atomic E-state index is 13.2. The Bertz CT molecular complexity index is 906. The molecule has 0 aliphatic rings. The number of amides is 2. The molecule has 0 aromatic heterocycles. The van der Waals surface area contributed by atoms with Crippen LogP contribution in [-0.2, 0) is 20.9 Å². The first-order valence-corrected chi connectivity index (χ1v) is 20.8. The summed E-state index contributed by atoms with van der Waals surface area (Å²) in [5, 5.41) is 5.95. The van der Waals surface area contributed by atoms with E-state index in [1.165, 1.54) is 122 Å². The minimum Gasteiger partial charge on any atom is -0.445 e. The lowest BCUT2D eigenvalue weighted by atomic mass is 9.93. The molecule has 0 aliphatic heterocycles. The van der Waals surface area contributed by atoms with Crippen molar-refractivity contribution in [3.05, 3.63) is 35.9 Å². The van der Waals surface area contributed by atoms with Crippen molar-refractivity contribution in [1.29, 1.82) is 0 Å². The Hall–Kier alpha value is -2.37. The summed E-state index contributed by atoms with van der Waals surface area (Å²) in [5.74, 6) is -0.0581. The Morgan fingerprint density at radius 2 is 1.00 bits per heavy atom. The molecule has 0 aliphatic carbocycles. The van der Waals surface area contributed by atoms with Crippen LogP contribution < -0.4 is 10.6 Å². The van der Waals surface area contributed by atoms with Gasteiger partial charge in [0.1, 0.15) is 12.4 Å². The zero-order chi connectivity index (χ0) is 35.5. The van der Waals surface area contributed by atoms with Crippen molar-refractivity contribution in [2.45, 2.75) is 200 Å². The molecule has 1 aromatic carbocycles. The molecule has 0 radical (unpaired) electrons. The predicted octanol–water partition coefficient (Wildman–Crippen LogP) is 12.2. The Labute approximate surface area is 302 Å². The number of alkyl carbamates (subject to hydrolysis) is 1. The maximum Gasteiger partial charge on any atom is 0.407 e. The molecule has 1 rings (SSSR count). The van der Waals surface area contributed by atoms with Crippen LogP contribution in [0, 0.1) is 5.92 Å². The molecule has 0 saturated carbocycles. The van der Waals surface area contributed by atoms with E-state index in [9.17, 15) is 14.4 Å². The largest absolute Gasteiger partial charge is 0.445 e. The molecule has 0 unspecified atom stereocenters. The number of ether oxygens (including phenoxy) is 1. The number of carbonyl (C=O) groups is 3. The molecule has 2 amide bonds. The van der Waals surface area contributed by atoms with Gasteiger partial charge in [-0.05, 0) is 31.2 Å². The molecule has 0 spiro atoms. The number of benzene rings is 1. The molecule has 1 aromatic rings. The summed E-state index contributed by atoms with van der Waals surface area (Å²) in [6.07, 6.45) is 32.1. The zero-order valence-electron chi connectivity index (χ0n) is 32.0. The van der Waals surface area contributed by atoms with E-state index in [-0.39, 0.29) is 24.2 Å². The SMILES string of the molecule is CCCCCCCCCCCCCCCC(=O)C[C@H](CCCCNC(=O)OCc1ccccc1)C(=O)NCCCCCCCCCCCC. The van der Waals surface area contributed by atoms with Gasteiger partial charge < -0.3 is 15.4 Å². The number of hydrogen-bond donors (Lipinski definition) is 2. The number of nitrogens with one attached hydrogen (secondary N) is 2. The van der Waals surface area contributed by atoms with Crippen LogP contribution in [0.5, 0.6) is 0 Å². The molecule has 1 atom stereocenters. The Kier molecular flexibility index (Phi) is 31.1. The average Bonchev–Trinajstić information content (AvgIpc) is 3.11. The number of ketones is 1. The van der Waals surface area contributed by atoms with Gasteiger partial charge in [0.05, 0.1) is 0 Å². The molecule has 0 bridgehead atoms. The van der Waals surface area contributed by atoms with Crippen LogP contribution in [0.4, 0.5) is 4.79 Å². The summed E-state index contributed by atoms with van der Waals surface area (Å²) in [6.45, 7) is 5.95. The maximum absolute atomic E-state index is 13.2. The predicted molar refractivity (Wildman–Crippen MR) is 207 cm³/mol. The number of rotatable bonds is 35. The van der Waals surface area contributed by atoms with Crippen molar-refractivity contribution >= 4 is 17.8 Å². The summed E-state index contributed by atoms with van der Waals surface area (Å²) in [4.78, 5) is 38.2. The lowest BCUT2D eigenvalue weighted by Gasteiger charge is -2.17. The average molecular weight is 685 g/mol. The van der Waals surface area contributed by atoms with Gasteiger partial charge in [0.15, 0.2) is 0 Å². The van der Waals surface area contributed by atoms with Gasteiger partial charge in [0.2, 0.25) is 5.91 Å². The fourth-order valence-electron chi connectivity index (χ4n) is 6.49. The van der Waals surface area contributed by atoms with Crippen molar-refractivity contribution in [3.8, 4) is 0 Å². The van der Waals surface area contributed by atoms with E-state index in [4.69, 9.17) is 4.74 Å². The molecular formula is C43H76N2O4. The van der Waals surface area contributed by atoms with Gasteiger partial charge in [-0.2, -0.15) is 0 Å². The van der Waals surface area contributed by atoms with Gasteiger partial charge in [0, 0.05) is 31.8 Å². The number of hydrogen-bond acceptors (Lipinski definition) is 4. The Balaban J connectivity index is 2.29. The van der Waals surface area contributed by atoms with Gasteiger partial charge in [-0.1, -0.05) is 185 Å². The van der Waals surface area contributed by atoms with Gasteiger partial charge in [-0.15, -0.1) is 0 Å². The van der Waals surface area contributed by atoms with Crippen LogP contribution >= 0.6 is 0 Å². The van der Waals surface area contributed by atoms with Gasteiger partial charge in [-0.3, -0.25) is 9.59 Å². The summed E-state index contributed by atoms with van der Waals surface area (Å²) >= 11 is 0. The van der Waals surface area contributed by atoms with Gasteiger partial charge >= 0.3 is 6.09 Å². The van der Waals surface area contributed by atoms with E-state index < -0.39 is 6.09 Å². The summed E-state index contributed by atoms with van der Waals surface area (Å²) in [6, 6.07) is 9.63.